The average molecular weight is 343 g/mol. The Bertz CT molecular complexity index is 746. The molecule has 0 aliphatic heterocycles. The maximum absolute atomic E-state index is 5.37. The number of anilines is 1. The molecule has 6 heteroatoms. The van der Waals surface area contributed by atoms with Gasteiger partial charge in [-0.05, 0) is 11.6 Å². The highest BCUT2D eigenvalue weighted by Gasteiger charge is 2.07. The molecule has 3 aromatic rings. The summed E-state index contributed by atoms with van der Waals surface area (Å²) < 4.78 is 6.32. The second-order valence-electron chi connectivity index (χ2n) is 4.81. The summed E-state index contributed by atoms with van der Waals surface area (Å²) in [6.45, 7) is 0.757. The molecule has 0 aliphatic carbocycles. The SMILES string of the molecule is COc1ccccc1CSc1nnc(NCc2ccccc2)s1. The summed E-state index contributed by atoms with van der Waals surface area (Å²) in [6, 6.07) is 18.3. The Kier molecular flexibility index (Phi) is 5.50. The summed E-state index contributed by atoms with van der Waals surface area (Å²) in [7, 11) is 1.69. The predicted octanol–water partition coefficient (Wildman–Crippen LogP) is 4.45. The van der Waals surface area contributed by atoms with E-state index < -0.39 is 0 Å². The first-order valence-electron chi connectivity index (χ1n) is 7.21. The molecule has 23 heavy (non-hydrogen) atoms. The largest absolute Gasteiger partial charge is 0.496 e. The number of rotatable bonds is 7. The maximum Gasteiger partial charge on any atom is 0.206 e. The second kappa shape index (κ2) is 7.99. The van der Waals surface area contributed by atoms with Gasteiger partial charge in [-0.1, -0.05) is 71.6 Å². The number of methoxy groups -OCH3 is 1. The van der Waals surface area contributed by atoms with E-state index in [1.165, 1.54) is 5.56 Å². The first-order valence-corrected chi connectivity index (χ1v) is 9.01. The summed E-state index contributed by atoms with van der Waals surface area (Å²) in [5, 5.41) is 12.6. The zero-order valence-electron chi connectivity index (χ0n) is 12.7. The number of hydrogen-bond acceptors (Lipinski definition) is 6. The van der Waals surface area contributed by atoms with E-state index in [-0.39, 0.29) is 0 Å². The van der Waals surface area contributed by atoms with E-state index >= 15 is 0 Å². The lowest BCUT2D eigenvalue weighted by molar-refractivity contribution is 0.411. The van der Waals surface area contributed by atoms with E-state index in [1.54, 1.807) is 30.2 Å². The van der Waals surface area contributed by atoms with Crippen LogP contribution in [0.2, 0.25) is 0 Å². The van der Waals surface area contributed by atoms with Gasteiger partial charge in [0, 0.05) is 17.9 Å². The van der Waals surface area contributed by atoms with Gasteiger partial charge in [-0.2, -0.15) is 0 Å². The van der Waals surface area contributed by atoms with Crippen LogP contribution in [0.3, 0.4) is 0 Å². The lowest BCUT2D eigenvalue weighted by atomic mass is 10.2. The normalized spacial score (nSPS) is 10.5. The summed E-state index contributed by atoms with van der Waals surface area (Å²) in [6.07, 6.45) is 0. The molecule has 0 spiro atoms. The van der Waals surface area contributed by atoms with Crippen molar-refractivity contribution in [1.82, 2.24) is 10.2 Å². The van der Waals surface area contributed by atoms with Crippen LogP contribution in [0.25, 0.3) is 0 Å². The molecule has 1 aromatic heterocycles. The van der Waals surface area contributed by atoms with E-state index in [0.29, 0.717) is 0 Å². The number of para-hydroxylation sites is 1. The van der Waals surface area contributed by atoms with E-state index in [4.69, 9.17) is 4.74 Å². The average Bonchev–Trinajstić information content (AvgIpc) is 3.07. The molecular formula is C17H17N3OS2. The Hall–Kier alpha value is -2.05. The molecule has 2 aromatic carbocycles. The van der Waals surface area contributed by atoms with Gasteiger partial charge in [0.25, 0.3) is 0 Å². The smallest absolute Gasteiger partial charge is 0.206 e. The maximum atomic E-state index is 5.37. The van der Waals surface area contributed by atoms with Gasteiger partial charge in [0.1, 0.15) is 5.75 Å². The second-order valence-corrected chi connectivity index (χ2v) is 7.01. The Balaban J connectivity index is 1.55. The van der Waals surface area contributed by atoms with Gasteiger partial charge in [0.15, 0.2) is 4.34 Å². The molecule has 0 fully saturated rings. The van der Waals surface area contributed by atoms with Crippen LogP contribution in [-0.2, 0) is 12.3 Å². The summed E-state index contributed by atoms with van der Waals surface area (Å²) >= 11 is 3.24. The molecular weight excluding hydrogens is 326 g/mol. The number of hydrogen-bond donors (Lipinski definition) is 1. The highest BCUT2D eigenvalue weighted by Crippen LogP contribution is 2.31. The highest BCUT2D eigenvalue weighted by molar-refractivity contribution is 8.00. The van der Waals surface area contributed by atoms with Gasteiger partial charge in [0.2, 0.25) is 5.13 Å². The third kappa shape index (κ3) is 4.46. The zero-order valence-corrected chi connectivity index (χ0v) is 14.4. The molecule has 0 bridgehead atoms. The van der Waals surface area contributed by atoms with Crippen molar-refractivity contribution in [3.8, 4) is 5.75 Å². The van der Waals surface area contributed by atoms with Crippen molar-refractivity contribution in [3.63, 3.8) is 0 Å². The van der Waals surface area contributed by atoms with Crippen LogP contribution in [0.1, 0.15) is 11.1 Å². The molecule has 0 atom stereocenters. The van der Waals surface area contributed by atoms with Crippen LogP contribution in [0.5, 0.6) is 5.75 Å². The molecule has 0 saturated carbocycles. The molecule has 0 amide bonds. The minimum Gasteiger partial charge on any atom is -0.496 e. The van der Waals surface area contributed by atoms with E-state index in [0.717, 1.165) is 33.1 Å². The molecule has 3 rings (SSSR count). The monoisotopic (exact) mass is 343 g/mol. The number of benzene rings is 2. The third-order valence-electron chi connectivity index (χ3n) is 3.24. The Labute approximate surface area is 143 Å². The van der Waals surface area contributed by atoms with Gasteiger partial charge in [-0.15, -0.1) is 10.2 Å². The number of nitrogens with zero attached hydrogens (tertiary/aromatic N) is 2. The van der Waals surface area contributed by atoms with E-state index in [1.807, 2.05) is 36.4 Å². The van der Waals surface area contributed by atoms with Crippen LogP contribution in [0.4, 0.5) is 5.13 Å². The first kappa shape index (κ1) is 15.8. The lowest BCUT2D eigenvalue weighted by Crippen LogP contribution is -1.98. The number of nitrogens with one attached hydrogen (secondary N) is 1. The van der Waals surface area contributed by atoms with Gasteiger partial charge in [-0.25, -0.2) is 0 Å². The fourth-order valence-corrected chi connectivity index (χ4v) is 3.81. The molecule has 0 radical (unpaired) electrons. The van der Waals surface area contributed by atoms with Crippen LogP contribution < -0.4 is 10.1 Å². The minimum atomic E-state index is 0.757. The van der Waals surface area contributed by atoms with Crippen molar-refractivity contribution in [2.75, 3.05) is 12.4 Å². The van der Waals surface area contributed by atoms with Crippen LogP contribution in [-0.4, -0.2) is 17.3 Å². The van der Waals surface area contributed by atoms with Crippen molar-refractivity contribution in [3.05, 3.63) is 65.7 Å². The lowest BCUT2D eigenvalue weighted by Gasteiger charge is -2.06. The van der Waals surface area contributed by atoms with E-state index in [9.17, 15) is 0 Å². The summed E-state index contributed by atoms with van der Waals surface area (Å²) in [4.78, 5) is 0. The summed E-state index contributed by atoms with van der Waals surface area (Å²) in [5.74, 6) is 1.73. The fraction of sp³-hybridized carbons (Fsp3) is 0.176. The quantitative estimate of drug-likeness (QED) is 0.642. The molecule has 0 unspecified atom stereocenters. The van der Waals surface area contributed by atoms with Crippen molar-refractivity contribution in [1.29, 1.82) is 0 Å². The van der Waals surface area contributed by atoms with Crippen molar-refractivity contribution >= 4 is 28.2 Å². The molecule has 1 N–H and O–H groups in total. The Morgan fingerprint density at radius 3 is 2.65 bits per heavy atom. The minimum absolute atomic E-state index is 0.757. The number of ether oxygens (including phenoxy) is 1. The van der Waals surface area contributed by atoms with Crippen LogP contribution in [0, 0.1) is 0 Å². The first-order chi connectivity index (χ1) is 11.3. The third-order valence-corrected chi connectivity index (χ3v) is 5.30. The molecule has 118 valence electrons. The van der Waals surface area contributed by atoms with Gasteiger partial charge in [0.05, 0.1) is 7.11 Å². The molecule has 0 aliphatic rings. The summed E-state index contributed by atoms with van der Waals surface area (Å²) in [5.41, 5.74) is 2.39. The van der Waals surface area contributed by atoms with Gasteiger partial charge >= 0.3 is 0 Å². The number of thioether (sulfide) groups is 1. The predicted molar refractivity (Wildman–Crippen MR) is 96.2 cm³/mol. The highest BCUT2D eigenvalue weighted by atomic mass is 32.2. The van der Waals surface area contributed by atoms with E-state index in [2.05, 4.69) is 33.7 Å². The van der Waals surface area contributed by atoms with Crippen molar-refractivity contribution < 1.29 is 4.74 Å². The zero-order chi connectivity index (χ0) is 15.9. The molecule has 4 nitrogen and oxygen atoms in total. The Morgan fingerprint density at radius 1 is 1.04 bits per heavy atom. The van der Waals surface area contributed by atoms with Crippen LogP contribution >= 0.6 is 23.1 Å². The Morgan fingerprint density at radius 2 is 1.83 bits per heavy atom. The molecule has 1 heterocycles. The topological polar surface area (TPSA) is 47.0 Å². The van der Waals surface area contributed by atoms with Gasteiger partial charge < -0.3 is 10.1 Å². The van der Waals surface area contributed by atoms with Crippen molar-refractivity contribution in [2.24, 2.45) is 0 Å². The van der Waals surface area contributed by atoms with Gasteiger partial charge in [-0.3, -0.25) is 0 Å². The number of aromatic nitrogens is 2. The standard InChI is InChI=1S/C17H17N3OS2/c1-21-15-10-6-5-9-14(15)12-22-17-20-19-16(23-17)18-11-13-7-3-2-4-8-13/h2-10H,11-12H2,1H3,(H,18,19). The fourth-order valence-electron chi connectivity index (χ4n) is 2.07. The van der Waals surface area contributed by atoms with Crippen molar-refractivity contribution in [2.45, 2.75) is 16.6 Å². The molecule has 0 saturated heterocycles. The van der Waals surface area contributed by atoms with Crippen LogP contribution in [0.15, 0.2) is 58.9 Å².